The van der Waals surface area contributed by atoms with Crippen LogP contribution in [0, 0.1) is 5.92 Å². The van der Waals surface area contributed by atoms with Gasteiger partial charge in [0.1, 0.15) is 11.2 Å². The van der Waals surface area contributed by atoms with Crippen molar-refractivity contribution >= 4 is 18.2 Å². The van der Waals surface area contributed by atoms with E-state index in [1.807, 2.05) is 6.92 Å². The molecule has 0 bridgehead atoms. The third-order valence-electron chi connectivity index (χ3n) is 3.88. The lowest BCUT2D eigenvalue weighted by Crippen LogP contribution is -2.63. The highest BCUT2D eigenvalue weighted by atomic mass is 16.6. The van der Waals surface area contributed by atoms with Gasteiger partial charge in [0.25, 0.3) is 0 Å². The Kier molecular flexibility index (Phi) is 8.13. The average molecular weight is 373 g/mol. The van der Waals surface area contributed by atoms with Gasteiger partial charge in [-0.2, -0.15) is 4.90 Å². The first-order valence-electron chi connectivity index (χ1n) is 9.03. The molecular formula is C19H35NO6. The number of imide groups is 1. The summed E-state index contributed by atoms with van der Waals surface area (Å²) in [7, 11) is 0. The Hall–Kier alpha value is -1.79. The summed E-state index contributed by atoms with van der Waals surface area (Å²) >= 11 is 0. The van der Waals surface area contributed by atoms with Crippen LogP contribution in [0.5, 0.6) is 0 Å². The van der Waals surface area contributed by atoms with Crippen LogP contribution in [0.25, 0.3) is 0 Å². The Balaban J connectivity index is 6.23. The third kappa shape index (κ3) is 6.50. The Bertz CT molecular complexity index is 489. The molecule has 0 saturated heterocycles. The van der Waals surface area contributed by atoms with Crippen molar-refractivity contribution in [1.29, 1.82) is 0 Å². The van der Waals surface area contributed by atoms with E-state index < -0.39 is 34.9 Å². The fraction of sp³-hybridized carbons (Fsp3) is 0.842. The standard InChI is InChI=1S/C19H35NO6/c1-11-13(3)19(10,14(21)24-12-2)20(15(22)25-17(4,5)6)16(23)26-18(7,8)9/h13H,11-12H2,1-10H3/t13-,19+/m0/s1. The van der Waals surface area contributed by atoms with Gasteiger partial charge in [0.2, 0.25) is 0 Å². The van der Waals surface area contributed by atoms with E-state index in [2.05, 4.69) is 0 Å². The zero-order valence-corrected chi connectivity index (χ0v) is 17.9. The highest BCUT2D eigenvalue weighted by Crippen LogP contribution is 2.32. The number of amides is 2. The van der Waals surface area contributed by atoms with Crippen LogP contribution in [0.15, 0.2) is 0 Å². The first kappa shape index (κ1) is 24.2. The number of ether oxygens (including phenoxy) is 3. The lowest BCUT2D eigenvalue weighted by atomic mass is 9.83. The van der Waals surface area contributed by atoms with E-state index in [0.29, 0.717) is 6.42 Å². The highest BCUT2D eigenvalue weighted by molar-refractivity contribution is 5.96. The van der Waals surface area contributed by atoms with E-state index in [4.69, 9.17) is 14.2 Å². The van der Waals surface area contributed by atoms with E-state index in [1.54, 1.807) is 55.4 Å². The van der Waals surface area contributed by atoms with Gasteiger partial charge < -0.3 is 14.2 Å². The number of carbonyl (C=O) groups is 3. The third-order valence-corrected chi connectivity index (χ3v) is 3.88. The fourth-order valence-electron chi connectivity index (χ4n) is 2.26. The van der Waals surface area contributed by atoms with Gasteiger partial charge in [0.15, 0.2) is 5.54 Å². The largest absolute Gasteiger partial charge is 0.464 e. The predicted octanol–water partition coefficient (Wildman–Crippen LogP) is 4.53. The molecule has 0 spiro atoms. The number of rotatable bonds is 5. The van der Waals surface area contributed by atoms with Crippen LogP contribution >= 0.6 is 0 Å². The van der Waals surface area contributed by atoms with Crippen LogP contribution in [-0.4, -0.2) is 46.4 Å². The molecule has 7 heteroatoms. The van der Waals surface area contributed by atoms with E-state index in [1.165, 1.54) is 6.92 Å². The second-order valence-electron chi connectivity index (χ2n) is 8.47. The first-order chi connectivity index (χ1) is 11.6. The van der Waals surface area contributed by atoms with Crippen LogP contribution in [0.3, 0.4) is 0 Å². The summed E-state index contributed by atoms with van der Waals surface area (Å²) in [5, 5.41) is 0. The molecule has 2 amide bonds. The van der Waals surface area contributed by atoms with E-state index in [0.717, 1.165) is 4.90 Å². The minimum atomic E-state index is -1.56. The summed E-state index contributed by atoms with van der Waals surface area (Å²) in [4.78, 5) is 39.2. The van der Waals surface area contributed by atoms with Gasteiger partial charge in [-0.25, -0.2) is 14.4 Å². The zero-order chi connectivity index (χ0) is 20.9. The smallest absolute Gasteiger partial charge is 0.420 e. The van der Waals surface area contributed by atoms with Crippen LogP contribution in [-0.2, 0) is 19.0 Å². The van der Waals surface area contributed by atoms with E-state index >= 15 is 0 Å². The molecule has 0 aliphatic heterocycles. The number of carbonyl (C=O) groups excluding carboxylic acids is 3. The molecule has 0 fully saturated rings. The monoisotopic (exact) mass is 373 g/mol. The minimum Gasteiger partial charge on any atom is -0.464 e. The molecule has 0 saturated carbocycles. The zero-order valence-electron chi connectivity index (χ0n) is 17.9. The van der Waals surface area contributed by atoms with Crippen LogP contribution in [0.2, 0.25) is 0 Å². The minimum absolute atomic E-state index is 0.126. The van der Waals surface area contributed by atoms with Gasteiger partial charge in [-0.3, -0.25) is 0 Å². The molecule has 7 nitrogen and oxygen atoms in total. The topological polar surface area (TPSA) is 82.1 Å². The Morgan fingerprint density at radius 1 is 0.846 bits per heavy atom. The average Bonchev–Trinajstić information content (AvgIpc) is 2.42. The summed E-state index contributed by atoms with van der Waals surface area (Å²) in [6, 6.07) is 0. The molecule has 0 heterocycles. The molecule has 0 aromatic rings. The predicted molar refractivity (Wildman–Crippen MR) is 98.8 cm³/mol. The molecule has 0 rings (SSSR count). The van der Waals surface area contributed by atoms with Crippen molar-refractivity contribution in [2.24, 2.45) is 5.92 Å². The Labute approximate surface area is 157 Å². The molecule has 2 atom stereocenters. The van der Waals surface area contributed by atoms with Gasteiger partial charge >= 0.3 is 18.2 Å². The highest BCUT2D eigenvalue weighted by Gasteiger charge is 2.53. The first-order valence-corrected chi connectivity index (χ1v) is 9.03. The summed E-state index contributed by atoms with van der Waals surface area (Å²) in [5.74, 6) is -1.05. The van der Waals surface area contributed by atoms with Crippen LogP contribution in [0.1, 0.15) is 75.7 Å². The maximum Gasteiger partial charge on any atom is 0.420 e. The molecule has 152 valence electrons. The molecule has 0 N–H and O–H groups in total. The van der Waals surface area contributed by atoms with Crippen molar-refractivity contribution in [2.45, 2.75) is 92.4 Å². The molecule has 0 aliphatic carbocycles. The van der Waals surface area contributed by atoms with E-state index in [-0.39, 0.29) is 12.5 Å². The van der Waals surface area contributed by atoms with Crippen molar-refractivity contribution in [2.75, 3.05) is 6.61 Å². The molecule has 0 radical (unpaired) electrons. The van der Waals surface area contributed by atoms with Crippen molar-refractivity contribution in [3.8, 4) is 0 Å². The summed E-state index contributed by atoms with van der Waals surface area (Å²) in [6.07, 6.45) is -1.34. The van der Waals surface area contributed by atoms with Crippen molar-refractivity contribution < 1.29 is 28.6 Å². The van der Waals surface area contributed by atoms with Crippen molar-refractivity contribution in [3.63, 3.8) is 0 Å². The number of hydrogen-bond acceptors (Lipinski definition) is 6. The normalized spacial score (nSPS) is 15.5. The van der Waals surface area contributed by atoms with Gasteiger partial charge in [-0.15, -0.1) is 0 Å². The van der Waals surface area contributed by atoms with Crippen LogP contribution < -0.4 is 0 Å². The fourth-order valence-corrected chi connectivity index (χ4v) is 2.26. The molecular weight excluding hydrogens is 338 g/mol. The maximum absolute atomic E-state index is 12.9. The summed E-state index contributed by atoms with van der Waals surface area (Å²) in [6.45, 7) is 17.0. The maximum atomic E-state index is 12.9. The molecule has 0 aromatic heterocycles. The number of nitrogens with zero attached hydrogens (tertiary/aromatic N) is 1. The Morgan fingerprint density at radius 2 is 1.23 bits per heavy atom. The second kappa shape index (κ2) is 8.73. The molecule has 26 heavy (non-hydrogen) atoms. The quantitative estimate of drug-likeness (QED) is 0.520. The van der Waals surface area contributed by atoms with Gasteiger partial charge in [-0.1, -0.05) is 20.3 Å². The summed E-state index contributed by atoms with van der Waals surface area (Å²) in [5.41, 5.74) is -3.25. The molecule has 0 aromatic carbocycles. The number of hydrogen-bond donors (Lipinski definition) is 0. The molecule has 0 aliphatic rings. The van der Waals surface area contributed by atoms with Gasteiger partial charge in [0.05, 0.1) is 6.61 Å². The van der Waals surface area contributed by atoms with Crippen LogP contribution in [0.4, 0.5) is 9.59 Å². The number of esters is 1. The van der Waals surface area contributed by atoms with Gasteiger partial charge in [-0.05, 0) is 61.3 Å². The Morgan fingerprint density at radius 3 is 1.50 bits per heavy atom. The SMILES string of the molecule is CCOC(=O)[C@@](C)([C@@H](C)CC)N(C(=O)OC(C)(C)C)C(=O)OC(C)(C)C. The molecule has 0 unspecified atom stereocenters. The van der Waals surface area contributed by atoms with Crippen molar-refractivity contribution in [3.05, 3.63) is 0 Å². The van der Waals surface area contributed by atoms with E-state index in [9.17, 15) is 14.4 Å². The second-order valence-corrected chi connectivity index (χ2v) is 8.47. The van der Waals surface area contributed by atoms with Gasteiger partial charge in [0, 0.05) is 0 Å². The lowest BCUT2D eigenvalue weighted by Gasteiger charge is -2.41. The summed E-state index contributed by atoms with van der Waals surface area (Å²) < 4.78 is 15.9. The van der Waals surface area contributed by atoms with Crippen molar-refractivity contribution in [1.82, 2.24) is 4.90 Å². The lowest BCUT2D eigenvalue weighted by molar-refractivity contribution is -0.159.